The van der Waals surface area contributed by atoms with Crippen LogP contribution in [-0.2, 0) is 6.42 Å². The van der Waals surface area contributed by atoms with Crippen LogP contribution in [0.25, 0.3) is 11.0 Å². The van der Waals surface area contributed by atoms with Crippen LogP contribution in [0.2, 0.25) is 0 Å². The summed E-state index contributed by atoms with van der Waals surface area (Å²) in [6.45, 7) is 2.62. The van der Waals surface area contributed by atoms with E-state index in [1.807, 2.05) is 12.1 Å². The zero-order valence-corrected chi connectivity index (χ0v) is 12.8. The lowest BCUT2D eigenvalue weighted by Gasteiger charge is -2.38. The Bertz CT molecular complexity index is 799. The molecule has 1 aliphatic heterocycles. The van der Waals surface area contributed by atoms with E-state index in [1.165, 1.54) is 11.6 Å². The molecule has 0 aliphatic carbocycles. The maximum absolute atomic E-state index is 14.0. The fourth-order valence-electron chi connectivity index (χ4n) is 3.39. The molecule has 1 aliphatic rings. The molecule has 3 aromatic rings. The van der Waals surface area contributed by atoms with Gasteiger partial charge in [0.1, 0.15) is 5.82 Å². The molecule has 1 N–H and O–H groups in total. The number of rotatable bonds is 3. The number of hydrogen-bond acceptors (Lipinski definition) is 3. The molecule has 0 bridgehead atoms. The minimum absolute atomic E-state index is 0.217. The average Bonchev–Trinajstić information content (AvgIpc) is 3.04. The molecule has 0 spiro atoms. The van der Waals surface area contributed by atoms with Crippen LogP contribution >= 0.6 is 0 Å². The molecule has 0 amide bonds. The number of nitrogens with one attached hydrogen (secondary N) is 1. The number of anilines is 1. The number of furan rings is 1. The summed E-state index contributed by atoms with van der Waals surface area (Å²) in [6.07, 6.45) is 2.55. The molecule has 1 saturated heterocycles. The standard InChI is InChI=1S/C19H19FN2O/c20-16-11-15-6-9-23-19(15)18(12-16)22-8-7-21-13-17(22)10-14-4-2-1-3-5-14/h1-6,9,11-12,17,21H,7-8,10,13H2/t17-/m0/s1. The highest BCUT2D eigenvalue weighted by molar-refractivity contribution is 5.89. The van der Waals surface area contributed by atoms with Crippen molar-refractivity contribution in [3.05, 3.63) is 66.2 Å². The van der Waals surface area contributed by atoms with Crippen molar-refractivity contribution < 1.29 is 8.81 Å². The van der Waals surface area contributed by atoms with E-state index < -0.39 is 0 Å². The Morgan fingerprint density at radius 2 is 2.04 bits per heavy atom. The van der Waals surface area contributed by atoms with Gasteiger partial charge in [-0.1, -0.05) is 30.3 Å². The molecule has 4 heteroatoms. The molecular weight excluding hydrogens is 291 g/mol. The molecule has 1 atom stereocenters. The van der Waals surface area contributed by atoms with Gasteiger partial charge in [0.15, 0.2) is 5.58 Å². The second kappa shape index (κ2) is 6.05. The third-order valence-electron chi connectivity index (χ3n) is 4.47. The topological polar surface area (TPSA) is 28.4 Å². The van der Waals surface area contributed by atoms with E-state index in [1.54, 1.807) is 12.3 Å². The van der Waals surface area contributed by atoms with Gasteiger partial charge in [-0.15, -0.1) is 0 Å². The number of piperazine rings is 1. The first kappa shape index (κ1) is 14.3. The predicted molar refractivity (Wildman–Crippen MR) is 90.3 cm³/mol. The van der Waals surface area contributed by atoms with E-state index in [0.29, 0.717) is 0 Å². The molecule has 4 rings (SSSR count). The summed E-state index contributed by atoms with van der Waals surface area (Å²) in [7, 11) is 0. The molecule has 0 radical (unpaired) electrons. The first-order valence-corrected chi connectivity index (χ1v) is 7.99. The molecule has 0 unspecified atom stereocenters. The maximum atomic E-state index is 14.0. The summed E-state index contributed by atoms with van der Waals surface area (Å²) < 4.78 is 19.6. The summed E-state index contributed by atoms with van der Waals surface area (Å²) in [5.74, 6) is -0.217. The van der Waals surface area contributed by atoms with E-state index in [-0.39, 0.29) is 11.9 Å². The lowest BCUT2D eigenvalue weighted by molar-refractivity contribution is 0.471. The van der Waals surface area contributed by atoms with Crippen molar-refractivity contribution in [2.75, 3.05) is 24.5 Å². The van der Waals surface area contributed by atoms with Crippen LogP contribution in [-0.4, -0.2) is 25.7 Å². The molecule has 2 heterocycles. The van der Waals surface area contributed by atoms with Crippen molar-refractivity contribution in [2.24, 2.45) is 0 Å². The molecule has 3 nitrogen and oxygen atoms in total. The van der Waals surface area contributed by atoms with Gasteiger partial charge >= 0.3 is 0 Å². The minimum Gasteiger partial charge on any atom is -0.462 e. The SMILES string of the molecule is Fc1cc(N2CCNC[C@@H]2Cc2ccccc2)c2occc2c1. The first-order chi connectivity index (χ1) is 11.3. The number of benzene rings is 2. The van der Waals surface area contributed by atoms with Gasteiger partial charge in [-0.25, -0.2) is 4.39 Å². The van der Waals surface area contributed by atoms with Crippen LogP contribution < -0.4 is 10.2 Å². The Labute approximate surface area is 134 Å². The number of hydrogen-bond donors (Lipinski definition) is 1. The molecule has 2 aromatic carbocycles. The highest BCUT2D eigenvalue weighted by atomic mass is 19.1. The van der Waals surface area contributed by atoms with Gasteiger partial charge in [-0.05, 0) is 24.1 Å². The van der Waals surface area contributed by atoms with Gasteiger partial charge in [-0.3, -0.25) is 0 Å². The van der Waals surface area contributed by atoms with Gasteiger partial charge in [0.05, 0.1) is 12.0 Å². The normalized spacial score (nSPS) is 18.5. The number of nitrogens with zero attached hydrogens (tertiary/aromatic N) is 1. The average molecular weight is 310 g/mol. The lowest BCUT2D eigenvalue weighted by atomic mass is 10.0. The Hall–Kier alpha value is -2.33. The maximum Gasteiger partial charge on any atom is 0.157 e. The van der Waals surface area contributed by atoms with Gasteiger partial charge in [0.25, 0.3) is 0 Å². The van der Waals surface area contributed by atoms with Crippen molar-refractivity contribution in [1.82, 2.24) is 5.32 Å². The monoisotopic (exact) mass is 310 g/mol. The molecule has 1 aromatic heterocycles. The van der Waals surface area contributed by atoms with Crippen molar-refractivity contribution in [3.8, 4) is 0 Å². The van der Waals surface area contributed by atoms with Crippen molar-refractivity contribution in [2.45, 2.75) is 12.5 Å². The van der Waals surface area contributed by atoms with Gasteiger partial charge in [0.2, 0.25) is 0 Å². The number of fused-ring (bicyclic) bond motifs is 1. The van der Waals surface area contributed by atoms with E-state index >= 15 is 0 Å². The predicted octanol–water partition coefficient (Wildman–Crippen LogP) is 3.59. The second-order valence-electron chi connectivity index (χ2n) is 6.00. The van der Waals surface area contributed by atoms with E-state index in [2.05, 4.69) is 34.5 Å². The minimum atomic E-state index is -0.217. The molecule has 0 saturated carbocycles. The fraction of sp³-hybridized carbons (Fsp3) is 0.263. The molecular formula is C19H19FN2O. The molecule has 1 fully saturated rings. The van der Waals surface area contributed by atoms with E-state index in [4.69, 9.17) is 4.42 Å². The van der Waals surface area contributed by atoms with E-state index in [9.17, 15) is 4.39 Å². The summed E-state index contributed by atoms with van der Waals surface area (Å²) in [5, 5.41) is 4.26. The van der Waals surface area contributed by atoms with Crippen LogP contribution in [0.1, 0.15) is 5.56 Å². The highest BCUT2D eigenvalue weighted by Crippen LogP contribution is 2.31. The smallest absolute Gasteiger partial charge is 0.157 e. The third kappa shape index (κ3) is 2.82. The van der Waals surface area contributed by atoms with Crippen LogP contribution in [0.3, 0.4) is 0 Å². The van der Waals surface area contributed by atoms with Crippen LogP contribution in [0.4, 0.5) is 10.1 Å². The lowest BCUT2D eigenvalue weighted by Crippen LogP contribution is -2.52. The molecule has 118 valence electrons. The van der Waals surface area contributed by atoms with Crippen molar-refractivity contribution >= 4 is 16.7 Å². The quantitative estimate of drug-likeness (QED) is 0.801. The fourth-order valence-corrected chi connectivity index (χ4v) is 3.39. The van der Waals surface area contributed by atoms with Crippen LogP contribution in [0.5, 0.6) is 0 Å². The summed E-state index contributed by atoms with van der Waals surface area (Å²) in [6, 6.07) is 15.6. The summed E-state index contributed by atoms with van der Waals surface area (Å²) in [5.41, 5.74) is 2.91. The zero-order chi connectivity index (χ0) is 15.6. The van der Waals surface area contributed by atoms with E-state index in [0.717, 1.165) is 42.7 Å². The highest BCUT2D eigenvalue weighted by Gasteiger charge is 2.25. The second-order valence-corrected chi connectivity index (χ2v) is 6.00. The largest absolute Gasteiger partial charge is 0.462 e. The van der Waals surface area contributed by atoms with Gasteiger partial charge in [-0.2, -0.15) is 0 Å². The summed E-state index contributed by atoms with van der Waals surface area (Å²) in [4.78, 5) is 2.28. The Morgan fingerprint density at radius 3 is 2.91 bits per heavy atom. The van der Waals surface area contributed by atoms with Crippen molar-refractivity contribution in [1.29, 1.82) is 0 Å². The first-order valence-electron chi connectivity index (χ1n) is 7.99. The Kier molecular flexibility index (Phi) is 3.75. The zero-order valence-electron chi connectivity index (χ0n) is 12.8. The van der Waals surface area contributed by atoms with Crippen molar-refractivity contribution in [3.63, 3.8) is 0 Å². The van der Waals surface area contributed by atoms with Crippen LogP contribution in [0, 0.1) is 5.82 Å². The summed E-state index contributed by atoms with van der Waals surface area (Å²) >= 11 is 0. The van der Waals surface area contributed by atoms with Crippen LogP contribution in [0.15, 0.2) is 59.2 Å². The Morgan fingerprint density at radius 1 is 1.17 bits per heavy atom. The Balaban J connectivity index is 1.70. The number of halogens is 1. The third-order valence-corrected chi connectivity index (χ3v) is 4.47. The molecule has 23 heavy (non-hydrogen) atoms. The van der Waals surface area contributed by atoms with Gasteiger partial charge < -0.3 is 14.6 Å². The van der Waals surface area contributed by atoms with Gasteiger partial charge in [0, 0.05) is 37.1 Å².